The predicted octanol–water partition coefficient (Wildman–Crippen LogP) is 3.09. The summed E-state index contributed by atoms with van der Waals surface area (Å²) in [6.45, 7) is 5.84. The lowest BCUT2D eigenvalue weighted by Gasteiger charge is -2.35. The number of likely N-dealkylation sites (tertiary alicyclic amines) is 1. The summed E-state index contributed by atoms with van der Waals surface area (Å²) in [7, 11) is 1.43. The predicted molar refractivity (Wildman–Crippen MR) is 107 cm³/mol. The Kier molecular flexibility index (Phi) is 6.74. The second-order valence-electron chi connectivity index (χ2n) is 7.56. The minimum atomic E-state index is -1.32. The number of thioether (sulfide) groups is 1. The molecule has 0 spiro atoms. The molecule has 2 rings (SSSR count). The molecule has 2 amide bonds. The summed E-state index contributed by atoms with van der Waals surface area (Å²) in [5, 5.41) is 9.67. The Morgan fingerprint density at radius 2 is 1.83 bits per heavy atom. The Morgan fingerprint density at radius 3 is 2.38 bits per heavy atom. The van der Waals surface area contributed by atoms with Gasteiger partial charge < -0.3 is 14.6 Å². The highest BCUT2D eigenvalue weighted by molar-refractivity contribution is 8.15. The topological polar surface area (TPSA) is 107 Å². The van der Waals surface area contributed by atoms with Crippen LogP contribution in [0.4, 0.5) is 4.79 Å². The van der Waals surface area contributed by atoms with Crippen molar-refractivity contribution in [2.45, 2.75) is 51.0 Å². The number of nitrogens with zero attached hydrogens (tertiary/aromatic N) is 1. The van der Waals surface area contributed by atoms with E-state index in [0.717, 1.165) is 11.8 Å². The molecule has 0 unspecified atom stereocenters. The van der Waals surface area contributed by atoms with Gasteiger partial charge in [-0.05, 0) is 32.9 Å². The zero-order valence-corrected chi connectivity index (χ0v) is 17.9. The number of rotatable bonds is 5. The normalized spacial score (nSPS) is 24.0. The van der Waals surface area contributed by atoms with Crippen molar-refractivity contribution in [3.05, 3.63) is 29.8 Å². The maximum Gasteiger partial charge on any atom is 0.521 e. The van der Waals surface area contributed by atoms with Crippen LogP contribution in [0.25, 0.3) is 0 Å². The fourth-order valence-corrected chi connectivity index (χ4v) is 4.74. The van der Waals surface area contributed by atoms with Crippen molar-refractivity contribution in [1.29, 1.82) is 0 Å². The summed E-state index contributed by atoms with van der Waals surface area (Å²) in [5.74, 6) is -0.902. The molecule has 1 N–H and O–H groups in total. The van der Waals surface area contributed by atoms with E-state index >= 15 is 0 Å². The number of methoxy groups -OCH3 is 1. The quantitative estimate of drug-likeness (QED) is 0.568. The molecular formula is C20H26NO7S+. The Labute approximate surface area is 173 Å². The number of ether oxygens (including phenoxy) is 2. The van der Waals surface area contributed by atoms with Crippen LogP contribution >= 0.6 is 11.8 Å². The number of hydrogen-bond donors (Lipinski definition) is 1. The molecule has 8 nitrogen and oxygen atoms in total. The van der Waals surface area contributed by atoms with E-state index in [0.29, 0.717) is 5.75 Å². The molecule has 1 fully saturated rings. The first-order valence-electron chi connectivity index (χ1n) is 9.15. The van der Waals surface area contributed by atoms with Gasteiger partial charge in [0.15, 0.2) is 11.2 Å². The van der Waals surface area contributed by atoms with Crippen LogP contribution in [0.15, 0.2) is 24.3 Å². The Balaban J connectivity index is 2.28. The van der Waals surface area contributed by atoms with Crippen LogP contribution in [0.1, 0.15) is 44.5 Å². The van der Waals surface area contributed by atoms with E-state index in [2.05, 4.69) is 0 Å². The van der Waals surface area contributed by atoms with Gasteiger partial charge >= 0.3 is 18.0 Å². The van der Waals surface area contributed by atoms with Crippen LogP contribution in [-0.2, 0) is 14.3 Å². The molecule has 158 valence electrons. The third-order valence-electron chi connectivity index (χ3n) is 5.07. The molecule has 0 bridgehead atoms. The van der Waals surface area contributed by atoms with Crippen molar-refractivity contribution in [1.82, 2.24) is 0 Å². The van der Waals surface area contributed by atoms with Crippen molar-refractivity contribution in [2.24, 2.45) is 0 Å². The van der Waals surface area contributed by atoms with E-state index in [4.69, 9.17) is 9.47 Å². The number of para-hydroxylation sites is 1. The molecule has 0 radical (unpaired) electrons. The lowest BCUT2D eigenvalue weighted by Crippen LogP contribution is -2.64. The van der Waals surface area contributed by atoms with E-state index in [-0.39, 0.29) is 23.6 Å². The molecule has 1 heterocycles. The summed E-state index contributed by atoms with van der Waals surface area (Å²) in [4.78, 5) is 49.6. The highest BCUT2D eigenvalue weighted by atomic mass is 32.2. The van der Waals surface area contributed by atoms with Gasteiger partial charge in [-0.2, -0.15) is 9.28 Å². The molecule has 1 aromatic rings. The van der Waals surface area contributed by atoms with Crippen LogP contribution in [0.3, 0.4) is 0 Å². The van der Waals surface area contributed by atoms with Crippen molar-refractivity contribution in [3.8, 4) is 5.75 Å². The van der Waals surface area contributed by atoms with Crippen LogP contribution in [0, 0.1) is 0 Å². The first kappa shape index (κ1) is 22.9. The third kappa shape index (κ3) is 4.45. The van der Waals surface area contributed by atoms with E-state index in [1.54, 1.807) is 31.2 Å². The SMILES string of the molecule is COc1ccccc1C(=O)O[C@@H]1C[C@@H](C)[N@@+](C(=O)O)(C(=O)C(C)(C)SC(C)=O)C1. The largest absolute Gasteiger partial charge is 0.521 e. The molecule has 0 saturated carbocycles. The number of imide groups is 1. The van der Waals surface area contributed by atoms with Gasteiger partial charge in [-0.15, -0.1) is 0 Å². The van der Waals surface area contributed by atoms with Crippen LogP contribution in [-0.4, -0.2) is 63.2 Å². The molecule has 9 heteroatoms. The molecule has 1 aliphatic heterocycles. The second kappa shape index (κ2) is 8.54. The maximum absolute atomic E-state index is 13.2. The molecule has 1 aliphatic rings. The summed E-state index contributed by atoms with van der Waals surface area (Å²) < 4.78 is 8.57. The van der Waals surface area contributed by atoms with E-state index < -0.39 is 39.3 Å². The molecular weight excluding hydrogens is 398 g/mol. The van der Waals surface area contributed by atoms with Gasteiger partial charge in [0.2, 0.25) is 0 Å². The highest BCUT2D eigenvalue weighted by Crippen LogP contribution is 2.38. The van der Waals surface area contributed by atoms with Crippen LogP contribution in [0.5, 0.6) is 5.75 Å². The van der Waals surface area contributed by atoms with Gasteiger partial charge in [-0.3, -0.25) is 4.79 Å². The van der Waals surface area contributed by atoms with Gasteiger partial charge in [0.1, 0.15) is 28.6 Å². The number of hydrogen-bond acceptors (Lipinski definition) is 7. The van der Waals surface area contributed by atoms with Crippen molar-refractivity contribution in [2.75, 3.05) is 13.7 Å². The lowest BCUT2D eigenvalue weighted by atomic mass is 10.1. The van der Waals surface area contributed by atoms with Gasteiger partial charge in [-0.1, -0.05) is 23.9 Å². The zero-order chi connectivity index (χ0) is 22.0. The monoisotopic (exact) mass is 424 g/mol. The van der Waals surface area contributed by atoms with E-state index in [9.17, 15) is 24.3 Å². The van der Waals surface area contributed by atoms with Crippen LogP contribution < -0.4 is 4.74 Å². The number of carbonyl (C=O) groups excluding carboxylic acids is 3. The number of esters is 1. The zero-order valence-electron chi connectivity index (χ0n) is 17.1. The number of benzene rings is 1. The van der Waals surface area contributed by atoms with E-state index in [1.807, 2.05) is 0 Å². The van der Waals surface area contributed by atoms with Crippen molar-refractivity contribution in [3.63, 3.8) is 0 Å². The molecule has 1 aromatic carbocycles. The molecule has 1 saturated heterocycles. The summed E-state index contributed by atoms with van der Waals surface area (Å²) in [6.07, 6.45) is -1.88. The third-order valence-corrected chi connectivity index (χ3v) is 6.04. The number of carbonyl (C=O) groups is 4. The summed E-state index contributed by atoms with van der Waals surface area (Å²) in [5.41, 5.74) is 0.224. The molecule has 29 heavy (non-hydrogen) atoms. The lowest BCUT2D eigenvalue weighted by molar-refractivity contribution is -0.794. The Bertz CT molecular complexity index is 838. The fourth-order valence-electron chi connectivity index (χ4n) is 3.77. The summed E-state index contributed by atoms with van der Waals surface area (Å²) in [6, 6.07) is 5.93. The number of carboxylic acid groups (broad SMARTS) is 1. The van der Waals surface area contributed by atoms with Gasteiger partial charge in [0.25, 0.3) is 0 Å². The molecule has 0 aliphatic carbocycles. The minimum absolute atomic E-state index is 0.196. The van der Waals surface area contributed by atoms with E-state index in [1.165, 1.54) is 27.9 Å². The molecule has 3 atom stereocenters. The fraction of sp³-hybridized carbons (Fsp3) is 0.500. The van der Waals surface area contributed by atoms with Gasteiger partial charge in [-0.25, -0.2) is 9.59 Å². The first-order valence-corrected chi connectivity index (χ1v) is 9.97. The van der Waals surface area contributed by atoms with Gasteiger partial charge in [0.05, 0.1) is 7.11 Å². The average Bonchev–Trinajstić information content (AvgIpc) is 2.96. The summed E-state index contributed by atoms with van der Waals surface area (Å²) >= 11 is 0.795. The maximum atomic E-state index is 13.2. The number of amides is 2. The Morgan fingerprint density at radius 1 is 1.21 bits per heavy atom. The number of quaternary nitrogens is 1. The van der Waals surface area contributed by atoms with Gasteiger partial charge in [0, 0.05) is 13.3 Å². The second-order valence-corrected chi connectivity index (χ2v) is 9.36. The first-order chi connectivity index (χ1) is 13.5. The highest BCUT2D eigenvalue weighted by Gasteiger charge is 2.61. The smallest absolute Gasteiger partial charge is 0.496 e. The molecule has 0 aromatic heterocycles. The van der Waals surface area contributed by atoms with Crippen LogP contribution in [0.2, 0.25) is 0 Å². The average molecular weight is 424 g/mol. The minimum Gasteiger partial charge on any atom is -0.496 e. The van der Waals surface area contributed by atoms with Crippen molar-refractivity contribution >= 4 is 34.8 Å². The Hall–Kier alpha value is -2.39. The van der Waals surface area contributed by atoms with Crippen molar-refractivity contribution < 1.29 is 38.2 Å². The standard InChI is InChI=1S/C20H25NO7S/c1-12-10-14(28-17(23)15-8-6-7-9-16(15)27-5)11-21(12,19(25)26)18(24)20(3,4)29-13(2)22/h6-9,12,14H,10-11H2,1-5H3/p+1/t12-,14-,21-/m1/s1.